The van der Waals surface area contributed by atoms with E-state index in [2.05, 4.69) is 22.1 Å². The standard InChI is InChI=1S/C30H39ClN4O3/c1-22-16-25(12-13-27(22)31)38-21-30(17-28(36)33(3)18-24-10-7-6-8-11-24)14-9-15-35(20-30)19-26-23(2)32-34(4)29(26)37-5/h6-8,10-13,16H,9,14-15,17-21H2,1-5H3/t30-/m0/s1. The number of carbonyl (C=O) groups excluding carboxylic acids is 1. The minimum absolute atomic E-state index is 0.127. The highest BCUT2D eigenvalue weighted by Gasteiger charge is 2.39. The molecule has 1 atom stereocenters. The lowest BCUT2D eigenvalue weighted by atomic mass is 9.77. The molecule has 1 amide bonds. The third kappa shape index (κ3) is 6.69. The summed E-state index contributed by atoms with van der Waals surface area (Å²) in [6.45, 7) is 7.46. The fourth-order valence-corrected chi connectivity index (χ4v) is 5.56. The lowest BCUT2D eigenvalue weighted by molar-refractivity contribution is -0.135. The molecule has 2 aromatic carbocycles. The Morgan fingerprint density at radius 3 is 2.66 bits per heavy atom. The zero-order valence-electron chi connectivity index (χ0n) is 23.2. The monoisotopic (exact) mass is 538 g/mol. The van der Waals surface area contributed by atoms with E-state index in [1.165, 1.54) is 0 Å². The Hall–Kier alpha value is -3.03. The molecule has 204 valence electrons. The molecule has 3 aromatic rings. The number of halogens is 1. The number of likely N-dealkylation sites (tertiary alicyclic amines) is 1. The Morgan fingerprint density at radius 2 is 1.95 bits per heavy atom. The second-order valence-corrected chi connectivity index (χ2v) is 11.0. The summed E-state index contributed by atoms with van der Waals surface area (Å²) in [6, 6.07) is 15.8. The summed E-state index contributed by atoms with van der Waals surface area (Å²) in [5.41, 5.74) is 3.83. The van der Waals surface area contributed by atoms with Gasteiger partial charge >= 0.3 is 0 Å². The molecule has 0 spiro atoms. The molecule has 4 rings (SSSR count). The number of ether oxygens (including phenoxy) is 2. The van der Waals surface area contributed by atoms with Crippen molar-refractivity contribution in [3.05, 3.63) is 75.9 Å². The van der Waals surface area contributed by atoms with E-state index < -0.39 is 0 Å². The summed E-state index contributed by atoms with van der Waals surface area (Å²) in [7, 11) is 5.47. The third-order valence-corrected chi connectivity index (χ3v) is 7.92. The second kappa shape index (κ2) is 12.2. The maximum atomic E-state index is 13.6. The van der Waals surface area contributed by atoms with Crippen molar-refractivity contribution in [2.75, 3.05) is 33.9 Å². The van der Waals surface area contributed by atoms with Crippen molar-refractivity contribution in [3.63, 3.8) is 0 Å². The molecule has 7 nitrogen and oxygen atoms in total. The molecule has 0 saturated carbocycles. The van der Waals surface area contributed by atoms with Gasteiger partial charge in [0.1, 0.15) is 5.75 Å². The van der Waals surface area contributed by atoms with Crippen LogP contribution in [0.15, 0.2) is 48.5 Å². The number of aromatic nitrogens is 2. The van der Waals surface area contributed by atoms with Crippen molar-refractivity contribution >= 4 is 17.5 Å². The van der Waals surface area contributed by atoms with Gasteiger partial charge in [-0.2, -0.15) is 5.10 Å². The Bertz CT molecular complexity index is 1250. The van der Waals surface area contributed by atoms with E-state index in [1.807, 2.05) is 69.2 Å². The van der Waals surface area contributed by atoms with Gasteiger partial charge in [0.2, 0.25) is 11.8 Å². The SMILES string of the molecule is COc1c(CN2CCC[C@](COc3ccc(Cl)c(C)c3)(CC(=O)N(C)Cc3ccccc3)C2)c(C)nn1C. The van der Waals surface area contributed by atoms with Gasteiger partial charge in [0.25, 0.3) is 0 Å². The zero-order chi connectivity index (χ0) is 27.3. The predicted octanol–water partition coefficient (Wildman–Crippen LogP) is 5.41. The molecule has 0 aliphatic carbocycles. The van der Waals surface area contributed by atoms with E-state index in [0.717, 1.165) is 71.5 Å². The van der Waals surface area contributed by atoms with Gasteiger partial charge in [0.15, 0.2) is 0 Å². The van der Waals surface area contributed by atoms with Gasteiger partial charge in [-0.1, -0.05) is 41.9 Å². The first-order valence-electron chi connectivity index (χ1n) is 13.2. The maximum absolute atomic E-state index is 13.6. The molecular formula is C30H39ClN4O3. The van der Waals surface area contributed by atoms with Crippen LogP contribution in [-0.4, -0.2) is 59.3 Å². The first-order chi connectivity index (χ1) is 18.2. The number of hydrogen-bond acceptors (Lipinski definition) is 5. The number of amides is 1. The van der Waals surface area contributed by atoms with Gasteiger partial charge in [-0.3, -0.25) is 9.69 Å². The van der Waals surface area contributed by atoms with Gasteiger partial charge in [-0.05, 0) is 62.6 Å². The normalized spacial score (nSPS) is 17.8. The fourth-order valence-electron chi connectivity index (χ4n) is 5.44. The van der Waals surface area contributed by atoms with Crippen molar-refractivity contribution in [2.45, 2.75) is 46.2 Å². The van der Waals surface area contributed by atoms with E-state index >= 15 is 0 Å². The van der Waals surface area contributed by atoms with Crippen LogP contribution in [-0.2, 0) is 24.9 Å². The minimum Gasteiger partial charge on any atom is -0.493 e. The van der Waals surface area contributed by atoms with Gasteiger partial charge in [-0.25, -0.2) is 4.68 Å². The lowest BCUT2D eigenvalue weighted by Gasteiger charge is -2.43. The molecule has 1 aliphatic rings. The molecule has 1 fully saturated rings. The summed E-state index contributed by atoms with van der Waals surface area (Å²) in [5, 5.41) is 5.27. The largest absolute Gasteiger partial charge is 0.493 e. The number of benzene rings is 2. The minimum atomic E-state index is -0.322. The Balaban J connectivity index is 1.54. The van der Waals surface area contributed by atoms with Gasteiger partial charge < -0.3 is 14.4 Å². The summed E-state index contributed by atoms with van der Waals surface area (Å²) in [4.78, 5) is 17.8. The quantitative estimate of drug-likeness (QED) is 0.345. The Labute approximate surface area is 231 Å². The van der Waals surface area contributed by atoms with E-state index in [1.54, 1.807) is 11.8 Å². The van der Waals surface area contributed by atoms with Crippen LogP contribution in [0.25, 0.3) is 0 Å². The zero-order valence-corrected chi connectivity index (χ0v) is 23.9. The van der Waals surface area contributed by atoms with E-state index in [-0.39, 0.29) is 11.3 Å². The van der Waals surface area contributed by atoms with Crippen molar-refractivity contribution in [1.29, 1.82) is 0 Å². The Kier molecular flexibility index (Phi) is 9.00. The highest BCUT2D eigenvalue weighted by atomic mass is 35.5. The third-order valence-electron chi connectivity index (χ3n) is 7.49. The number of nitrogens with zero attached hydrogens (tertiary/aromatic N) is 4. The number of hydrogen-bond donors (Lipinski definition) is 0. The molecule has 1 aliphatic heterocycles. The molecule has 1 saturated heterocycles. The fraction of sp³-hybridized carbons (Fsp3) is 0.467. The lowest BCUT2D eigenvalue weighted by Crippen LogP contribution is -2.48. The number of carbonyl (C=O) groups is 1. The van der Waals surface area contributed by atoms with Gasteiger partial charge in [0.05, 0.1) is 25.0 Å². The molecule has 0 radical (unpaired) electrons. The van der Waals surface area contributed by atoms with Gasteiger partial charge in [-0.15, -0.1) is 0 Å². The van der Waals surface area contributed by atoms with Crippen LogP contribution in [0.2, 0.25) is 5.02 Å². The first kappa shape index (κ1) is 28.0. The highest BCUT2D eigenvalue weighted by molar-refractivity contribution is 6.31. The van der Waals surface area contributed by atoms with Crippen molar-refractivity contribution < 1.29 is 14.3 Å². The topological polar surface area (TPSA) is 59.8 Å². The number of aryl methyl sites for hydroxylation is 3. The summed E-state index contributed by atoms with van der Waals surface area (Å²) in [5.74, 6) is 1.69. The van der Waals surface area contributed by atoms with Crippen LogP contribution < -0.4 is 9.47 Å². The smallest absolute Gasteiger partial charge is 0.223 e. The summed E-state index contributed by atoms with van der Waals surface area (Å²) >= 11 is 6.23. The molecule has 1 aromatic heterocycles. The van der Waals surface area contributed by atoms with E-state index in [4.69, 9.17) is 21.1 Å². The van der Waals surface area contributed by atoms with Crippen LogP contribution in [0.1, 0.15) is 41.6 Å². The predicted molar refractivity (Wildman–Crippen MR) is 151 cm³/mol. The van der Waals surface area contributed by atoms with Crippen LogP contribution >= 0.6 is 11.6 Å². The van der Waals surface area contributed by atoms with Crippen molar-refractivity contribution in [3.8, 4) is 11.6 Å². The Morgan fingerprint density at radius 1 is 1.18 bits per heavy atom. The molecule has 2 heterocycles. The molecule has 0 bridgehead atoms. The van der Waals surface area contributed by atoms with Crippen LogP contribution in [0.5, 0.6) is 11.6 Å². The van der Waals surface area contributed by atoms with Gasteiger partial charge in [0, 0.05) is 50.6 Å². The molecule has 8 heteroatoms. The van der Waals surface area contributed by atoms with Crippen LogP contribution in [0.3, 0.4) is 0 Å². The molecule has 0 N–H and O–H groups in total. The average molecular weight is 539 g/mol. The van der Waals surface area contributed by atoms with E-state index in [0.29, 0.717) is 19.6 Å². The van der Waals surface area contributed by atoms with Crippen LogP contribution in [0.4, 0.5) is 0 Å². The maximum Gasteiger partial charge on any atom is 0.223 e. The van der Waals surface area contributed by atoms with Crippen molar-refractivity contribution in [2.24, 2.45) is 12.5 Å². The summed E-state index contributed by atoms with van der Waals surface area (Å²) in [6.07, 6.45) is 2.33. The molecule has 0 unspecified atom stereocenters. The first-order valence-corrected chi connectivity index (χ1v) is 13.5. The van der Waals surface area contributed by atoms with E-state index in [9.17, 15) is 4.79 Å². The molecule has 38 heavy (non-hydrogen) atoms. The average Bonchev–Trinajstić information content (AvgIpc) is 3.17. The van der Waals surface area contributed by atoms with Crippen molar-refractivity contribution in [1.82, 2.24) is 19.6 Å². The summed E-state index contributed by atoms with van der Waals surface area (Å²) < 4.78 is 13.8. The second-order valence-electron chi connectivity index (χ2n) is 10.6. The highest BCUT2D eigenvalue weighted by Crippen LogP contribution is 2.37. The number of methoxy groups -OCH3 is 1. The van der Waals surface area contributed by atoms with Crippen LogP contribution in [0, 0.1) is 19.3 Å². The number of piperidine rings is 1. The molecular weight excluding hydrogens is 500 g/mol. The number of rotatable bonds is 10.